The van der Waals surface area contributed by atoms with Crippen molar-refractivity contribution in [3.8, 4) is 0 Å². The van der Waals surface area contributed by atoms with Gasteiger partial charge >= 0.3 is 0 Å². The van der Waals surface area contributed by atoms with E-state index in [1.807, 2.05) is 12.1 Å². The van der Waals surface area contributed by atoms with Crippen LogP contribution in [0.15, 0.2) is 77.7 Å². The summed E-state index contributed by atoms with van der Waals surface area (Å²) in [5.74, 6) is 0. The van der Waals surface area contributed by atoms with Crippen LogP contribution in [0.4, 0.5) is 11.4 Å². The van der Waals surface area contributed by atoms with Gasteiger partial charge in [-0.25, -0.2) is 0 Å². The Morgan fingerprint density at radius 1 is 0.885 bits per heavy atom. The maximum atomic E-state index is 4.03. The first-order chi connectivity index (χ1) is 12.8. The van der Waals surface area contributed by atoms with Crippen LogP contribution in [0.25, 0.3) is 10.9 Å². The minimum absolute atomic E-state index is 1.05. The topological polar surface area (TPSA) is 40.7 Å². The molecule has 0 amide bonds. The van der Waals surface area contributed by atoms with E-state index in [1.165, 1.54) is 22.0 Å². The summed E-state index contributed by atoms with van der Waals surface area (Å²) in [6.07, 6.45) is 9.02. The van der Waals surface area contributed by atoms with Crippen LogP contribution >= 0.6 is 15.9 Å². The molecule has 2 aromatic carbocycles. The molecular weight excluding hydrogens is 386 g/mol. The number of nitrogens with one attached hydrogen (secondary N) is 2. The van der Waals surface area contributed by atoms with E-state index in [-0.39, 0.29) is 0 Å². The molecule has 26 heavy (non-hydrogen) atoms. The van der Waals surface area contributed by atoms with Gasteiger partial charge in [-0.15, -0.1) is 0 Å². The van der Waals surface area contributed by atoms with E-state index in [2.05, 4.69) is 79.9 Å². The quantitative estimate of drug-likeness (QED) is 0.398. The number of H-pyrrole nitrogens is 1. The number of fused-ring (bicyclic) bond motifs is 1. The van der Waals surface area contributed by atoms with Crippen molar-refractivity contribution >= 4 is 38.2 Å². The third-order valence-electron chi connectivity index (χ3n) is 4.56. The molecule has 0 aliphatic heterocycles. The van der Waals surface area contributed by atoms with Crippen molar-refractivity contribution in [3.63, 3.8) is 0 Å². The molecule has 0 radical (unpaired) electrons. The van der Waals surface area contributed by atoms with Gasteiger partial charge in [0, 0.05) is 45.3 Å². The zero-order valence-electron chi connectivity index (χ0n) is 14.4. The lowest BCUT2D eigenvalue weighted by molar-refractivity contribution is 0.825. The second kappa shape index (κ2) is 7.75. The van der Waals surface area contributed by atoms with Gasteiger partial charge in [0.1, 0.15) is 0 Å². The van der Waals surface area contributed by atoms with E-state index < -0.39 is 0 Å². The molecule has 0 atom stereocenters. The molecule has 0 unspecified atom stereocenters. The van der Waals surface area contributed by atoms with Crippen LogP contribution in [0.3, 0.4) is 0 Å². The summed E-state index contributed by atoms with van der Waals surface area (Å²) in [5.41, 5.74) is 6.11. The van der Waals surface area contributed by atoms with Crippen molar-refractivity contribution in [2.24, 2.45) is 0 Å². The lowest BCUT2D eigenvalue weighted by atomic mass is 10.0. The van der Waals surface area contributed by atoms with Crippen LogP contribution < -0.4 is 5.32 Å². The van der Waals surface area contributed by atoms with Crippen LogP contribution in [0.5, 0.6) is 0 Å². The smallest absolute Gasteiger partial charge is 0.0468 e. The van der Waals surface area contributed by atoms with E-state index >= 15 is 0 Å². The molecule has 0 saturated heterocycles. The maximum absolute atomic E-state index is 4.03. The minimum Gasteiger partial charge on any atom is -0.361 e. The van der Waals surface area contributed by atoms with E-state index in [9.17, 15) is 0 Å². The Labute approximate surface area is 161 Å². The van der Waals surface area contributed by atoms with Crippen molar-refractivity contribution in [2.75, 3.05) is 5.32 Å². The van der Waals surface area contributed by atoms with E-state index in [4.69, 9.17) is 0 Å². The molecule has 4 heteroatoms. The summed E-state index contributed by atoms with van der Waals surface area (Å²) in [6.45, 7) is 0. The van der Waals surface area contributed by atoms with Gasteiger partial charge in [-0.1, -0.05) is 34.1 Å². The number of aryl methyl sites for hydroxylation is 2. The lowest BCUT2D eigenvalue weighted by Gasteiger charge is -2.07. The zero-order chi connectivity index (χ0) is 17.8. The molecule has 4 aromatic rings. The predicted octanol–water partition coefficient (Wildman–Crippen LogP) is 6.24. The van der Waals surface area contributed by atoms with Crippen molar-refractivity contribution in [1.29, 1.82) is 0 Å². The molecule has 130 valence electrons. The Kier molecular flexibility index (Phi) is 5.02. The molecule has 2 heterocycles. The average Bonchev–Trinajstić information content (AvgIpc) is 3.06. The highest BCUT2D eigenvalue weighted by Gasteiger charge is 2.04. The third kappa shape index (κ3) is 3.97. The van der Waals surface area contributed by atoms with Gasteiger partial charge in [0.15, 0.2) is 0 Å². The van der Waals surface area contributed by atoms with Crippen molar-refractivity contribution in [2.45, 2.75) is 19.3 Å². The highest BCUT2D eigenvalue weighted by atomic mass is 79.9. The molecule has 4 rings (SSSR count). The number of aromatic nitrogens is 2. The molecule has 0 fully saturated rings. The van der Waals surface area contributed by atoms with Crippen LogP contribution in [0.1, 0.15) is 17.5 Å². The van der Waals surface area contributed by atoms with Gasteiger partial charge in [-0.2, -0.15) is 0 Å². The summed E-state index contributed by atoms with van der Waals surface area (Å²) in [4.78, 5) is 7.40. The standard InChI is InChI=1S/C22H20BrN3/c23-18-6-9-21-17(15-25-22(21)14-18)3-1-2-16-4-7-19(8-5-16)26-20-10-12-24-13-11-20/h4-15,25H,1-3H2,(H,24,26). The minimum atomic E-state index is 1.05. The number of pyridine rings is 1. The molecule has 0 aliphatic carbocycles. The molecule has 2 aromatic heterocycles. The number of nitrogens with zero attached hydrogens (tertiary/aromatic N) is 1. The zero-order valence-corrected chi connectivity index (χ0v) is 16.0. The largest absolute Gasteiger partial charge is 0.361 e. The van der Waals surface area contributed by atoms with Gasteiger partial charge in [0.05, 0.1) is 0 Å². The fraction of sp³-hybridized carbons (Fsp3) is 0.136. The summed E-state index contributed by atoms with van der Waals surface area (Å²) in [7, 11) is 0. The summed E-state index contributed by atoms with van der Waals surface area (Å²) < 4.78 is 1.11. The second-order valence-electron chi connectivity index (χ2n) is 6.42. The Morgan fingerprint density at radius 2 is 1.65 bits per heavy atom. The second-order valence-corrected chi connectivity index (χ2v) is 7.33. The maximum Gasteiger partial charge on any atom is 0.0468 e. The molecule has 0 bridgehead atoms. The number of hydrogen-bond acceptors (Lipinski definition) is 2. The predicted molar refractivity (Wildman–Crippen MR) is 112 cm³/mol. The monoisotopic (exact) mass is 405 g/mol. The van der Waals surface area contributed by atoms with Gasteiger partial charge in [-0.05, 0) is 66.8 Å². The molecule has 0 spiro atoms. The van der Waals surface area contributed by atoms with E-state index in [0.29, 0.717) is 0 Å². The first kappa shape index (κ1) is 16.9. The fourth-order valence-electron chi connectivity index (χ4n) is 3.20. The molecule has 0 aliphatic rings. The Bertz CT molecular complexity index is 991. The Morgan fingerprint density at radius 3 is 2.46 bits per heavy atom. The number of rotatable bonds is 6. The Hall–Kier alpha value is -2.59. The number of hydrogen-bond donors (Lipinski definition) is 2. The van der Waals surface area contributed by atoms with Crippen LogP contribution in [0.2, 0.25) is 0 Å². The van der Waals surface area contributed by atoms with Gasteiger partial charge < -0.3 is 10.3 Å². The van der Waals surface area contributed by atoms with Crippen molar-refractivity contribution < 1.29 is 0 Å². The summed E-state index contributed by atoms with van der Waals surface area (Å²) >= 11 is 3.52. The molecule has 0 saturated carbocycles. The van der Waals surface area contributed by atoms with Gasteiger partial charge in [0.25, 0.3) is 0 Å². The SMILES string of the molecule is Brc1ccc2c(CCCc3ccc(Nc4ccncc4)cc3)c[nH]c2c1. The summed E-state index contributed by atoms with van der Waals surface area (Å²) in [5, 5.41) is 4.71. The van der Waals surface area contributed by atoms with E-state index in [0.717, 1.165) is 35.1 Å². The highest BCUT2D eigenvalue weighted by molar-refractivity contribution is 9.10. The van der Waals surface area contributed by atoms with Crippen LogP contribution in [0, 0.1) is 0 Å². The number of benzene rings is 2. The third-order valence-corrected chi connectivity index (χ3v) is 5.06. The molecule has 2 N–H and O–H groups in total. The molecular formula is C22H20BrN3. The van der Waals surface area contributed by atoms with Crippen LogP contribution in [-0.2, 0) is 12.8 Å². The first-order valence-electron chi connectivity index (χ1n) is 8.79. The van der Waals surface area contributed by atoms with E-state index in [1.54, 1.807) is 12.4 Å². The number of aromatic amines is 1. The summed E-state index contributed by atoms with van der Waals surface area (Å²) in [6, 6.07) is 19.0. The number of anilines is 2. The molecule has 3 nitrogen and oxygen atoms in total. The average molecular weight is 406 g/mol. The fourth-order valence-corrected chi connectivity index (χ4v) is 3.57. The van der Waals surface area contributed by atoms with Crippen molar-refractivity contribution in [3.05, 3.63) is 88.8 Å². The lowest BCUT2D eigenvalue weighted by Crippen LogP contribution is -1.92. The first-order valence-corrected chi connectivity index (χ1v) is 9.59. The Balaban J connectivity index is 1.34. The van der Waals surface area contributed by atoms with Crippen LogP contribution in [-0.4, -0.2) is 9.97 Å². The number of halogens is 1. The van der Waals surface area contributed by atoms with Gasteiger partial charge in [0.2, 0.25) is 0 Å². The highest BCUT2D eigenvalue weighted by Crippen LogP contribution is 2.24. The van der Waals surface area contributed by atoms with Gasteiger partial charge in [-0.3, -0.25) is 4.98 Å². The normalized spacial score (nSPS) is 11.0. The van der Waals surface area contributed by atoms with Crippen molar-refractivity contribution in [1.82, 2.24) is 9.97 Å².